The van der Waals surface area contributed by atoms with Crippen LogP contribution < -0.4 is 20.1 Å². The second-order valence-electron chi connectivity index (χ2n) is 9.38. The number of rotatable bonds is 16. The molecule has 0 unspecified atom stereocenters. The Labute approximate surface area is 230 Å². The number of oxazole rings is 1. The fourth-order valence-corrected chi connectivity index (χ4v) is 4.36. The average Bonchev–Trinajstić information content (AvgIpc) is 3.36. The number of anilines is 1. The van der Waals surface area contributed by atoms with Crippen molar-refractivity contribution >= 4 is 21.9 Å². The van der Waals surface area contributed by atoms with Crippen LogP contribution in [0, 0.1) is 0 Å². The summed E-state index contributed by atoms with van der Waals surface area (Å²) in [5.41, 5.74) is 3.06. The third-order valence-electron chi connectivity index (χ3n) is 6.04. The molecule has 0 fully saturated rings. The maximum Gasteiger partial charge on any atom is 0.309 e. The number of para-hydroxylation sites is 1. The topological polar surface area (TPSA) is 143 Å². The number of nitrogens with zero attached hydrogens (tertiary/aromatic N) is 1. The van der Waals surface area contributed by atoms with Crippen molar-refractivity contribution in [2.75, 3.05) is 24.1 Å². The van der Waals surface area contributed by atoms with Crippen molar-refractivity contribution in [2.45, 2.75) is 58.2 Å². The number of aryl methyl sites for hydroxylation is 1. The summed E-state index contributed by atoms with van der Waals surface area (Å²) in [7, 11) is -3.62. The van der Waals surface area contributed by atoms with Gasteiger partial charge in [0, 0.05) is 13.1 Å². The number of aliphatic hydroxyl groups is 1. The number of unbranched alkanes of at least 4 members (excludes halogenated alkanes) is 1. The SMILES string of the molecule is CCCCOc1ccccc1C[C@H](NC(=O)c1coc(NS(C)(=O)=O)n1)[C@H](O)CNCc1cccc(CC)c1. The highest BCUT2D eigenvalue weighted by atomic mass is 32.2. The molecule has 212 valence electrons. The number of hydrogen-bond donors (Lipinski definition) is 4. The van der Waals surface area contributed by atoms with Crippen LogP contribution in [0.1, 0.15) is 53.9 Å². The van der Waals surface area contributed by atoms with Crippen LogP contribution in [0.2, 0.25) is 0 Å². The van der Waals surface area contributed by atoms with E-state index in [1.807, 2.05) is 36.4 Å². The Bertz CT molecular complexity index is 1310. The number of amides is 1. The van der Waals surface area contributed by atoms with Gasteiger partial charge in [-0.1, -0.05) is 62.7 Å². The first-order valence-electron chi connectivity index (χ1n) is 13.1. The highest BCUT2D eigenvalue weighted by Gasteiger charge is 2.25. The van der Waals surface area contributed by atoms with Crippen LogP contribution in [0.15, 0.2) is 59.2 Å². The summed E-state index contributed by atoms with van der Waals surface area (Å²) in [6, 6.07) is 14.7. The Hall–Kier alpha value is -3.41. The number of sulfonamides is 1. The number of carbonyl (C=O) groups excluding carboxylic acids is 1. The van der Waals surface area contributed by atoms with E-state index in [1.165, 1.54) is 5.56 Å². The van der Waals surface area contributed by atoms with Crippen molar-refractivity contribution in [3.8, 4) is 5.75 Å². The molecule has 2 aromatic carbocycles. The lowest BCUT2D eigenvalue weighted by Crippen LogP contribution is -2.48. The third-order valence-corrected chi connectivity index (χ3v) is 6.59. The van der Waals surface area contributed by atoms with Gasteiger partial charge in [-0.25, -0.2) is 13.1 Å². The number of aromatic nitrogens is 1. The van der Waals surface area contributed by atoms with Crippen LogP contribution in [0.5, 0.6) is 5.75 Å². The van der Waals surface area contributed by atoms with Crippen LogP contribution in [0.25, 0.3) is 0 Å². The number of carbonyl (C=O) groups is 1. The van der Waals surface area contributed by atoms with Gasteiger partial charge in [0.05, 0.1) is 25.0 Å². The lowest BCUT2D eigenvalue weighted by atomic mass is 9.99. The summed E-state index contributed by atoms with van der Waals surface area (Å²) < 4.78 is 36.0. The van der Waals surface area contributed by atoms with Crippen LogP contribution in [-0.4, -0.2) is 56.0 Å². The molecule has 3 aromatic rings. The van der Waals surface area contributed by atoms with Crippen LogP contribution >= 0.6 is 0 Å². The quantitative estimate of drug-likeness (QED) is 0.196. The number of nitrogens with one attached hydrogen (secondary N) is 3. The van der Waals surface area contributed by atoms with Gasteiger partial charge in [-0.05, 0) is 42.0 Å². The van der Waals surface area contributed by atoms with E-state index in [9.17, 15) is 18.3 Å². The van der Waals surface area contributed by atoms with E-state index in [4.69, 9.17) is 9.15 Å². The van der Waals surface area contributed by atoms with Crippen molar-refractivity contribution < 1.29 is 27.5 Å². The van der Waals surface area contributed by atoms with Gasteiger partial charge in [0.15, 0.2) is 5.69 Å². The van der Waals surface area contributed by atoms with Gasteiger partial charge in [0.25, 0.3) is 5.91 Å². The third kappa shape index (κ3) is 10.0. The monoisotopic (exact) mass is 558 g/mol. The van der Waals surface area contributed by atoms with Gasteiger partial charge in [-0.2, -0.15) is 4.98 Å². The normalized spacial score (nSPS) is 13.0. The largest absolute Gasteiger partial charge is 0.493 e. The maximum absolute atomic E-state index is 13.0. The molecule has 10 nitrogen and oxygen atoms in total. The average molecular weight is 559 g/mol. The highest BCUT2D eigenvalue weighted by Crippen LogP contribution is 2.21. The molecule has 0 aliphatic carbocycles. The molecule has 11 heteroatoms. The van der Waals surface area contributed by atoms with Crippen molar-refractivity contribution in [3.05, 3.63) is 77.2 Å². The predicted octanol–water partition coefficient (Wildman–Crippen LogP) is 3.28. The molecule has 0 aliphatic rings. The first-order valence-corrected chi connectivity index (χ1v) is 15.0. The molecule has 2 atom stereocenters. The number of aliphatic hydroxyl groups excluding tert-OH is 1. The zero-order chi connectivity index (χ0) is 28.3. The molecule has 39 heavy (non-hydrogen) atoms. The summed E-state index contributed by atoms with van der Waals surface area (Å²) in [5.74, 6) is 0.0900. The zero-order valence-electron chi connectivity index (χ0n) is 22.6. The lowest BCUT2D eigenvalue weighted by molar-refractivity contribution is 0.0824. The molecular formula is C28H38N4O6S. The number of ether oxygens (including phenoxy) is 1. The Morgan fingerprint density at radius 2 is 1.90 bits per heavy atom. The lowest BCUT2D eigenvalue weighted by Gasteiger charge is -2.25. The maximum atomic E-state index is 13.0. The molecule has 0 saturated carbocycles. The van der Waals surface area contributed by atoms with Crippen molar-refractivity contribution in [2.24, 2.45) is 0 Å². The second-order valence-corrected chi connectivity index (χ2v) is 11.1. The Morgan fingerprint density at radius 3 is 2.64 bits per heavy atom. The van der Waals surface area contributed by atoms with Gasteiger partial charge < -0.3 is 24.9 Å². The molecule has 0 saturated heterocycles. The molecule has 0 aliphatic heterocycles. The first kappa shape index (κ1) is 30.1. The van der Waals surface area contributed by atoms with Gasteiger partial charge in [0.1, 0.15) is 12.0 Å². The standard InChI is InChI=1S/C28H38N4O6S/c1-4-6-14-37-26-13-8-7-12-22(26)16-23(25(33)18-29-17-21-11-9-10-20(5-2)15-21)30-27(34)24-19-38-28(31-24)32-39(3,35)36/h7-13,15,19,23,25,29,33H,4-6,14,16-18H2,1-3H3,(H,30,34)(H,31,32)/t23-,25+/m0/s1. The minimum Gasteiger partial charge on any atom is -0.493 e. The molecule has 0 bridgehead atoms. The highest BCUT2D eigenvalue weighted by molar-refractivity contribution is 7.91. The minimum absolute atomic E-state index is 0.116. The first-order chi connectivity index (χ1) is 18.7. The van der Waals surface area contributed by atoms with E-state index < -0.39 is 28.1 Å². The van der Waals surface area contributed by atoms with E-state index in [1.54, 1.807) is 0 Å². The zero-order valence-corrected chi connectivity index (χ0v) is 23.5. The minimum atomic E-state index is -3.62. The summed E-state index contributed by atoms with van der Waals surface area (Å²) in [6.07, 6.45) is 4.22. The van der Waals surface area contributed by atoms with Crippen LogP contribution in [0.3, 0.4) is 0 Å². The van der Waals surface area contributed by atoms with Crippen LogP contribution in [0.4, 0.5) is 6.01 Å². The van der Waals surface area contributed by atoms with Gasteiger partial charge in [0.2, 0.25) is 10.0 Å². The molecule has 1 heterocycles. The summed E-state index contributed by atoms with van der Waals surface area (Å²) in [4.78, 5) is 16.9. The summed E-state index contributed by atoms with van der Waals surface area (Å²) in [6.45, 7) is 5.54. The van der Waals surface area contributed by atoms with Crippen molar-refractivity contribution in [1.82, 2.24) is 15.6 Å². The molecule has 0 radical (unpaired) electrons. The van der Waals surface area contributed by atoms with Gasteiger partial charge in [-0.3, -0.25) is 4.79 Å². The summed E-state index contributed by atoms with van der Waals surface area (Å²) >= 11 is 0. The molecule has 4 N–H and O–H groups in total. The van der Waals surface area contributed by atoms with E-state index >= 15 is 0 Å². The fraction of sp³-hybridized carbons (Fsp3) is 0.429. The smallest absolute Gasteiger partial charge is 0.309 e. The Morgan fingerprint density at radius 1 is 1.13 bits per heavy atom. The molecule has 1 aromatic heterocycles. The van der Waals surface area contributed by atoms with E-state index in [2.05, 4.69) is 46.3 Å². The van der Waals surface area contributed by atoms with E-state index in [0.29, 0.717) is 25.3 Å². The van der Waals surface area contributed by atoms with Crippen molar-refractivity contribution in [1.29, 1.82) is 0 Å². The second kappa shape index (κ2) is 14.7. The van der Waals surface area contributed by atoms with E-state index in [-0.39, 0.29) is 18.3 Å². The number of benzene rings is 2. The van der Waals surface area contributed by atoms with E-state index in [0.717, 1.165) is 42.9 Å². The predicted molar refractivity (Wildman–Crippen MR) is 150 cm³/mol. The molecule has 0 spiro atoms. The van der Waals surface area contributed by atoms with Crippen molar-refractivity contribution in [3.63, 3.8) is 0 Å². The molecule has 1 amide bonds. The molecular weight excluding hydrogens is 520 g/mol. The van der Waals surface area contributed by atoms with Gasteiger partial charge in [-0.15, -0.1) is 0 Å². The Kier molecular flexibility index (Phi) is 11.3. The van der Waals surface area contributed by atoms with Crippen LogP contribution in [-0.2, 0) is 29.4 Å². The van der Waals surface area contributed by atoms with Gasteiger partial charge >= 0.3 is 6.01 Å². The summed E-state index contributed by atoms with van der Waals surface area (Å²) in [5, 5.41) is 17.3. The molecule has 3 rings (SSSR count). The fourth-order valence-electron chi connectivity index (χ4n) is 3.95. The number of hydrogen-bond acceptors (Lipinski definition) is 8. The Balaban J connectivity index is 1.74.